The molecule has 124 valence electrons. The number of amides is 1. The predicted octanol–water partition coefficient (Wildman–Crippen LogP) is 4.39. The number of hydrogen-bond acceptors (Lipinski definition) is 4. The number of aromatic nitrogens is 3. The second-order valence-electron chi connectivity index (χ2n) is 5.52. The molecule has 25 heavy (non-hydrogen) atoms. The number of benzene rings is 2. The lowest BCUT2D eigenvalue weighted by molar-refractivity contribution is 0.102. The number of hydrogen-bond donors (Lipinski definition) is 2. The van der Waals surface area contributed by atoms with E-state index in [1.165, 1.54) is 23.5 Å². The van der Waals surface area contributed by atoms with Crippen molar-refractivity contribution >= 4 is 33.4 Å². The first-order valence-corrected chi connectivity index (χ1v) is 8.39. The van der Waals surface area contributed by atoms with Gasteiger partial charge in [0.25, 0.3) is 5.91 Å². The number of imidazole rings is 1. The van der Waals surface area contributed by atoms with E-state index in [1.54, 1.807) is 36.7 Å². The average molecular weight is 352 g/mol. The molecule has 0 aliphatic heterocycles. The number of halogens is 1. The highest BCUT2D eigenvalue weighted by molar-refractivity contribution is 7.16. The third kappa shape index (κ3) is 3.01. The first-order chi connectivity index (χ1) is 12.1. The summed E-state index contributed by atoms with van der Waals surface area (Å²) in [5, 5.41) is 3.32. The number of carbonyl (C=O) groups excluding carboxylic acids is 1. The molecular formula is C18H13FN4OS. The van der Waals surface area contributed by atoms with Gasteiger partial charge in [0, 0.05) is 16.0 Å². The van der Waals surface area contributed by atoms with Gasteiger partial charge in [-0.2, -0.15) is 0 Å². The minimum Gasteiger partial charge on any atom is -0.345 e. The van der Waals surface area contributed by atoms with Crippen molar-refractivity contribution in [2.75, 3.05) is 5.32 Å². The fraction of sp³-hybridized carbons (Fsp3) is 0.0556. The smallest absolute Gasteiger partial charge is 0.257 e. The molecule has 0 spiro atoms. The molecule has 0 unspecified atom stereocenters. The Bertz CT molecular complexity index is 1070. The lowest BCUT2D eigenvalue weighted by atomic mass is 10.1. The number of thiazole rings is 1. The Morgan fingerprint density at radius 2 is 2.00 bits per heavy atom. The van der Waals surface area contributed by atoms with Crippen LogP contribution in [0.25, 0.3) is 22.3 Å². The van der Waals surface area contributed by atoms with Crippen LogP contribution in [0.15, 0.2) is 48.8 Å². The summed E-state index contributed by atoms with van der Waals surface area (Å²) < 4.78 is 13.1. The van der Waals surface area contributed by atoms with Crippen molar-refractivity contribution < 1.29 is 9.18 Å². The second kappa shape index (κ2) is 6.10. The minimum atomic E-state index is -0.292. The van der Waals surface area contributed by atoms with Crippen molar-refractivity contribution in [1.82, 2.24) is 15.0 Å². The Balaban J connectivity index is 1.59. The molecular weight excluding hydrogens is 339 g/mol. The van der Waals surface area contributed by atoms with Crippen molar-refractivity contribution in [3.8, 4) is 11.3 Å². The van der Waals surface area contributed by atoms with Crippen molar-refractivity contribution in [3.05, 3.63) is 65.0 Å². The molecule has 1 amide bonds. The molecule has 0 atom stereocenters. The lowest BCUT2D eigenvalue weighted by Gasteiger charge is -2.01. The van der Waals surface area contributed by atoms with E-state index in [-0.39, 0.29) is 11.7 Å². The number of aryl methyl sites for hydroxylation is 1. The average Bonchev–Trinajstić information content (AvgIpc) is 3.21. The number of fused-ring (bicyclic) bond motifs is 1. The van der Waals surface area contributed by atoms with E-state index >= 15 is 0 Å². The van der Waals surface area contributed by atoms with Gasteiger partial charge in [0.15, 0.2) is 5.13 Å². The van der Waals surface area contributed by atoms with Gasteiger partial charge in [0.2, 0.25) is 0 Å². The molecule has 0 aliphatic rings. The normalized spacial score (nSPS) is 11.0. The van der Waals surface area contributed by atoms with Gasteiger partial charge >= 0.3 is 0 Å². The molecule has 5 nitrogen and oxygen atoms in total. The molecule has 4 aromatic rings. The third-order valence-electron chi connectivity index (χ3n) is 3.82. The number of rotatable bonds is 3. The molecule has 4 rings (SSSR count). The van der Waals surface area contributed by atoms with Crippen molar-refractivity contribution in [1.29, 1.82) is 0 Å². The quantitative estimate of drug-likeness (QED) is 0.574. The predicted molar refractivity (Wildman–Crippen MR) is 96.3 cm³/mol. The largest absolute Gasteiger partial charge is 0.345 e. The monoisotopic (exact) mass is 352 g/mol. The Hall–Kier alpha value is -3.06. The first-order valence-electron chi connectivity index (χ1n) is 7.58. The number of carbonyl (C=O) groups is 1. The summed E-state index contributed by atoms with van der Waals surface area (Å²) in [6, 6.07) is 11.4. The standard InChI is InChI=1S/C18H13FN4OS/c1-10-16(11-2-5-13(19)6-3-11)22-18(25-10)23-17(24)12-4-7-14-15(8-12)21-9-20-14/h2-9H,1H3,(H,20,21)(H,22,23,24). The Kier molecular flexibility index (Phi) is 3.77. The molecule has 0 aliphatic carbocycles. The highest BCUT2D eigenvalue weighted by Crippen LogP contribution is 2.30. The summed E-state index contributed by atoms with van der Waals surface area (Å²) in [4.78, 5) is 25.0. The van der Waals surface area contributed by atoms with Crippen LogP contribution >= 0.6 is 11.3 Å². The third-order valence-corrected chi connectivity index (χ3v) is 4.70. The Labute approximate surface area is 146 Å². The maximum Gasteiger partial charge on any atom is 0.257 e. The molecule has 2 aromatic heterocycles. The van der Waals surface area contributed by atoms with E-state index in [9.17, 15) is 9.18 Å². The summed E-state index contributed by atoms with van der Waals surface area (Å²) in [7, 11) is 0. The minimum absolute atomic E-state index is 0.240. The highest BCUT2D eigenvalue weighted by Gasteiger charge is 2.14. The van der Waals surface area contributed by atoms with E-state index in [0.717, 1.165) is 27.2 Å². The summed E-state index contributed by atoms with van der Waals surface area (Å²) in [5.74, 6) is -0.532. The Morgan fingerprint density at radius 1 is 1.20 bits per heavy atom. The van der Waals surface area contributed by atoms with E-state index in [1.807, 2.05) is 6.92 Å². The van der Waals surface area contributed by atoms with Crippen molar-refractivity contribution in [3.63, 3.8) is 0 Å². The topological polar surface area (TPSA) is 70.7 Å². The van der Waals surface area contributed by atoms with Gasteiger partial charge in [0.05, 0.1) is 23.1 Å². The van der Waals surface area contributed by atoms with E-state index in [0.29, 0.717) is 10.7 Å². The summed E-state index contributed by atoms with van der Waals surface area (Å²) in [6.07, 6.45) is 1.59. The molecule has 0 radical (unpaired) electrons. The molecule has 2 heterocycles. The first kappa shape index (κ1) is 15.5. The SMILES string of the molecule is Cc1sc(NC(=O)c2ccc3nc[nH]c3c2)nc1-c1ccc(F)cc1. The van der Waals surface area contributed by atoms with Gasteiger partial charge in [-0.15, -0.1) is 11.3 Å². The lowest BCUT2D eigenvalue weighted by Crippen LogP contribution is -2.11. The van der Waals surface area contributed by atoms with Crippen LogP contribution in [0.4, 0.5) is 9.52 Å². The fourth-order valence-corrected chi connectivity index (χ4v) is 3.40. The molecule has 0 saturated carbocycles. The van der Waals surface area contributed by atoms with Crippen LogP contribution in [0, 0.1) is 12.7 Å². The number of nitrogens with zero attached hydrogens (tertiary/aromatic N) is 2. The summed E-state index contributed by atoms with van der Waals surface area (Å²) in [5.41, 5.74) is 3.68. The second-order valence-corrected chi connectivity index (χ2v) is 6.72. The van der Waals surface area contributed by atoms with Gasteiger partial charge in [0.1, 0.15) is 5.82 Å². The maximum atomic E-state index is 13.1. The Morgan fingerprint density at radius 3 is 2.80 bits per heavy atom. The van der Waals surface area contributed by atoms with Crippen molar-refractivity contribution in [2.45, 2.75) is 6.92 Å². The highest BCUT2D eigenvalue weighted by atomic mass is 32.1. The molecule has 0 saturated heterocycles. The fourth-order valence-electron chi connectivity index (χ4n) is 2.57. The van der Waals surface area contributed by atoms with Crippen LogP contribution in [0.5, 0.6) is 0 Å². The van der Waals surface area contributed by atoms with E-state index in [4.69, 9.17) is 0 Å². The molecule has 2 aromatic carbocycles. The van der Waals surface area contributed by atoms with E-state index < -0.39 is 0 Å². The molecule has 2 N–H and O–H groups in total. The van der Waals surface area contributed by atoms with Crippen molar-refractivity contribution in [2.24, 2.45) is 0 Å². The van der Waals surface area contributed by atoms with Crippen LogP contribution in [0.1, 0.15) is 15.2 Å². The summed E-state index contributed by atoms with van der Waals surface area (Å²) >= 11 is 1.38. The number of anilines is 1. The zero-order valence-corrected chi connectivity index (χ0v) is 14.0. The molecule has 0 fully saturated rings. The zero-order valence-electron chi connectivity index (χ0n) is 13.2. The van der Waals surface area contributed by atoms with E-state index in [2.05, 4.69) is 20.3 Å². The van der Waals surface area contributed by atoms with Crippen LogP contribution in [-0.4, -0.2) is 20.9 Å². The number of H-pyrrole nitrogens is 1. The van der Waals surface area contributed by atoms with Crippen LogP contribution in [0.2, 0.25) is 0 Å². The van der Waals surface area contributed by atoms with Gasteiger partial charge in [-0.1, -0.05) is 0 Å². The molecule has 7 heteroatoms. The molecule has 0 bridgehead atoms. The number of aromatic amines is 1. The number of nitrogens with one attached hydrogen (secondary N) is 2. The summed E-state index contributed by atoms with van der Waals surface area (Å²) in [6.45, 7) is 1.92. The van der Waals surface area contributed by atoms with Crippen LogP contribution < -0.4 is 5.32 Å². The maximum absolute atomic E-state index is 13.1. The van der Waals surface area contributed by atoms with Crippen LogP contribution in [0.3, 0.4) is 0 Å². The van der Waals surface area contributed by atoms with Gasteiger partial charge < -0.3 is 4.98 Å². The van der Waals surface area contributed by atoms with Gasteiger partial charge in [-0.25, -0.2) is 14.4 Å². The van der Waals surface area contributed by atoms with Gasteiger partial charge in [-0.3, -0.25) is 10.1 Å². The van der Waals surface area contributed by atoms with Crippen LogP contribution in [-0.2, 0) is 0 Å². The zero-order chi connectivity index (χ0) is 17.4. The van der Waals surface area contributed by atoms with Gasteiger partial charge in [-0.05, 0) is 49.4 Å².